The van der Waals surface area contributed by atoms with Crippen LogP contribution in [0.5, 0.6) is 0 Å². The lowest BCUT2D eigenvalue weighted by Gasteiger charge is -2.23. The average Bonchev–Trinajstić information content (AvgIpc) is 2.11. The molecule has 0 aromatic rings. The van der Waals surface area contributed by atoms with Gasteiger partial charge in [0.1, 0.15) is 5.60 Å². The first-order valence-electron chi connectivity index (χ1n) is 5.99. The number of carbonyl (C=O) groups excluding carboxylic acids is 1. The molecule has 0 rings (SSSR count). The lowest BCUT2D eigenvalue weighted by Crippen LogP contribution is -2.39. The van der Waals surface area contributed by atoms with Crippen LogP contribution < -0.4 is 5.32 Å². The van der Waals surface area contributed by atoms with E-state index in [0.717, 1.165) is 19.3 Å². The molecule has 4 heteroatoms. The van der Waals surface area contributed by atoms with Gasteiger partial charge in [0.15, 0.2) is 0 Å². The zero-order valence-corrected chi connectivity index (χ0v) is 10.9. The van der Waals surface area contributed by atoms with E-state index in [9.17, 15) is 4.79 Å². The van der Waals surface area contributed by atoms with Gasteiger partial charge in [0.05, 0.1) is 0 Å². The maximum Gasteiger partial charge on any atom is 0.407 e. The molecule has 0 fully saturated rings. The third kappa shape index (κ3) is 8.53. The van der Waals surface area contributed by atoms with E-state index in [0.29, 0.717) is 6.42 Å². The van der Waals surface area contributed by atoms with Crippen LogP contribution in [0.25, 0.3) is 0 Å². The highest BCUT2D eigenvalue weighted by atomic mass is 16.6. The molecule has 0 radical (unpaired) electrons. The fourth-order valence-corrected chi connectivity index (χ4v) is 1.45. The number of rotatable bonds is 6. The van der Waals surface area contributed by atoms with Gasteiger partial charge in [-0.1, -0.05) is 13.3 Å². The molecule has 0 spiro atoms. The Morgan fingerprint density at radius 1 is 1.38 bits per heavy atom. The summed E-state index contributed by atoms with van der Waals surface area (Å²) in [5.74, 6) is 0. The van der Waals surface area contributed by atoms with Gasteiger partial charge in [0.2, 0.25) is 0 Å². The molecule has 0 bridgehead atoms. The predicted octanol–water partition coefficient (Wildman–Crippen LogP) is 2.45. The lowest BCUT2D eigenvalue weighted by atomic mass is 10.1. The zero-order chi connectivity index (χ0) is 12.6. The molecule has 96 valence electrons. The first-order chi connectivity index (χ1) is 7.39. The average molecular weight is 231 g/mol. The minimum atomic E-state index is -0.460. The Bertz CT molecular complexity index is 199. The van der Waals surface area contributed by atoms with Gasteiger partial charge < -0.3 is 15.2 Å². The summed E-state index contributed by atoms with van der Waals surface area (Å²) in [5.41, 5.74) is -0.460. The third-order valence-electron chi connectivity index (χ3n) is 2.07. The Morgan fingerprint density at radius 2 is 2.00 bits per heavy atom. The van der Waals surface area contributed by atoms with Crippen LogP contribution in [0, 0.1) is 0 Å². The van der Waals surface area contributed by atoms with E-state index in [1.165, 1.54) is 0 Å². The highest BCUT2D eigenvalue weighted by Crippen LogP contribution is 2.09. The van der Waals surface area contributed by atoms with Crippen molar-refractivity contribution in [1.29, 1.82) is 0 Å². The summed E-state index contributed by atoms with van der Waals surface area (Å²) in [6, 6.07) is 0.104. The number of ether oxygens (including phenoxy) is 1. The molecule has 0 aromatic carbocycles. The number of aliphatic hydroxyl groups is 1. The summed E-state index contributed by atoms with van der Waals surface area (Å²) in [5, 5.41) is 11.6. The summed E-state index contributed by atoms with van der Waals surface area (Å²) >= 11 is 0. The van der Waals surface area contributed by atoms with Crippen molar-refractivity contribution in [2.45, 2.75) is 65.0 Å². The molecule has 0 aliphatic heterocycles. The lowest BCUT2D eigenvalue weighted by molar-refractivity contribution is 0.0496. The molecule has 4 nitrogen and oxygen atoms in total. The molecule has 0 heterocycles. The van der Waals surface area contributed by atoms with Crippen LogP contribution in [0.15, 0.2) is 0 Å². The van der Waals surface area contributed by atoms with Crippen molar-refractivity contribution in [1.82, 2.24) is 5.32 Å². The normalized spacial score (nSPS) is 13.3. The van der Waals surface area contributed by atoms with Crippen LogP contribution in [-0.2, 0) is 4.74 Å². The number of nitrogens with one attached hydrogen (secondary N) is 1. The maximum atomic E-state index is 11.5. The monoisotopic (exact) mass is 231 g/mol. The van der Waals surface area contributed by atoms with Crippen LogP contribution in [0.1, 0.15) is 53.4 Å². The molecule has 1 atom stereocenters. The largest absolute Gasteiger partial charge is 0.444 e. The van der Waals surface area contributed by atoms with Gasteiger partial charge in [-0.3, -0.25) is 0 Å². The van der Waals surface area contributed by atoms with Crippen LogP contribution >= 0.6 is 0 Å². The Hall–Kier alpha value is -0.770. The second kappa shape index (κ2) is 7.49. The Kier molecular flexibility index (Phi) is 7.13. The number of aliphatic hydroxyl groups excluding tert-OH is 1. The van der Waals surface area contributed by atoms with E-state index < -0.39 is 5.60 Å². The Balaban J connectivity index is 4.02. The molecule has 1 amide bonds. The van der Waals surface area contributed by atoms with E-state index in [-0.39, 0.29) is 18.7 Å². The minimum Gasteiger partial charge on any atom is -0.444 e. The molecule has 0 saturated heterocycles. The highest BCUT2D eigenvalue weighted by Gasteiger charge is 2.18. The number of alkyl carbamates (subject to hydrolysis) is 1. The van der Waals surface area contributed by atoms with Crippen molar-refractivity contribution in [2.24, 2.45) is 0 Å². The molecule has 0 aromatic heterocycles. The summed E-state index contributed by atoms with van der Waals surface area (Å²) < 4.78 is 5.18. The SMILES string of the molecule is CCCC(CCCO)NC(=O)OC(C)(C)C. The molecular formula is C12H25NO3. The summed E-state index contributed by atoms with van der Waals surface area (Å²) in [4.78, 5) is 11.5. The van der Waals surface area contributed by atoms with Gasteiger partial charge in [-0.25, -0.2) is 4.79 Å². The Labute approximate surface area is 98.4 Å². The Morgan fingerprint density at radius 3 is 2.44 bits per heavy atom. The van der Waals surface area contributed by atoms with Crippen LogP contribution in [-0.4, -0.2) is 29.4 Å². The minimum absolute atomic E-state index is 0.104. The summed E-state index contributed by atoms with van der Waals surface area (Å²) in [6.07, 6.45) is 3.05. The van der Waals surface area contributed by atoms with Crippen LogP contribution in [0.4, 0.5) is 4.79 Å². The summed E-state index contributed by atoms with van der Waals surface area (Å²) in [6.45, 7) is 7.76. The molecule has 0 aliphatic rings. The van der Waals surface area contributed by atoms with E-state index in [4.69, 9.17) is 9.84 Å². The number of carbonyl (C=O) groups is 1. The van der Waals surface area contributed by atoms with Gasteiger partial charge in [-0.2, -0.15) is 0 Å². The van der Waals surface area contributed by atoms with Crippen molar-refractivity contribution in [3.63, 3.8) is 0 Å². The topological polar surface area (TPSA) is 58.6 Å². The van der Waals surface area contributed by atoms with E-state index in [2.05, 4.69) is 12.2 Å². The van der Waals surface area contributed by atoms with E-state index >= 15 is 0 Å². The van der Waals surface area contributed by atoms with Gasteiger partial charge in [0.25, 0.3) is 0 Å². The smallest absolute Gasteiger partial charge is 0.407 e. The first kappa shape index (κ1) is 15.2. The predicted molar refractivity (Wildman–Crippen MR) is 64.4 cm³/mol. The van der Waals surface area contributed by atoms with Gasteiger partial charge in [-0.15, -0.1) is 0 Å². The van der Waals surface area contributed by atoms with Crippen molar-refractivity contribution < 1.29 is 14.6 Å². The van der Waals surface area contributed by atoms with Gasteiger partial charge in [-0.05, 0) is 40.0 Å². The summed E-state index contributed by atoms with van der Waals surface area (Å²) in [7, 11) is 0. The number of hydrogen-bond acceptors (Lipinski definition) is 3. The second-order valence-electron chi connectivity index (χ2n) is 5.00. The van der Waals surface area contributed by atoms with Crippen LogP contribution in [0.3, 0.4) is 0 Å². The van der Waals surface area contributed by atoms with E-state index in [1.54, 1.807) is 0 Å². The second-order valence-corrected chi connectivity index (χ2v) is 5.00. The molecule has 0 aliphatic carbocycles. The molecule has 0 saturated carbocycles. The molecular weight excluding hydrogens is 206 g/mol. The van der Waals surface area contributed by atoms with Crippen LogP contribution in [0.2, 0.25) is 0 Å². The zero-order valence-electron chi connectivity index (χ0n) is 10.9. The molecule has 16 heavy (non-hydrogen) atoms. The fraction of sp³-hybridized carbons (Fsp3) is 0.917. The maximum absolute atomic E-state index is 11.5. The molecule has 2 N–H and O–H groups in total. The van der Waals surface area contributed by atoms with Gasteiger partial charge in [0, 0.05) is 12.6 Å². The fourth-order valence-electron chi connectivity index (χ4n) is 1.45. The third-order valence-corrected chi connectivity index (χ3v) is 2.07. The number of amides is 1. The molecule has 1 unspecified atom stereocenters. The van der Waals surface area contributed by atoms with Crippen molar-refractivity contribution in [3.8, 4) is 0 Å². The highest BCUT2D eigenvalue weighted by molar-refractivity contribution is 5.68. The van der Waals surface area contributed by atoms with E-state index in [1.807, 2.05) is 20.8 Å². The quantitative estimate of drug-likeness (QED) is 0.738. The van der Waals surface area contributed by atoms with Crippen molar-refractivity contribution >= 4 is 6.09 Å². The first-order valence-corrected chi connectivity index (χ1v) is 5.99. The van der Waals surface area contributed by atoms with Gasteiger partial charge >= 0.3 is 6.09 Å². The van der Waals surface area contributed by atoms with Crippen molar-refractivity contribution in [2.75, 3.05) is 6.61 Å². The standard InChI is InChI=1S/C12H25NO3/c1-5-7-10(8-6-9-14)13-11(15)16-12(2,3)4/h10,14H,5-9H2,1-4H3,(H,13,15). The van der Waals surface area contributed by atoms with Crippen molar-refractivity contribution in [3.05, 3.63) is 0 Å². The number of hydrogen-bond donors (Lipinski definition) is 2.